The predicted molar refractivity (Wildman–Crippen MR) is 86.8 cm³/mol. The minimum absolute atomic E-state index is 0.0488. The zero-order valence-corrected chi connectivity index (χ0v) is 14.1. The van der Waals surface area contributed by atoms with Crippen LogP contribution in [0.15, 0.2) is 23.8 Å². The number of nitriles is 1. The number of allylic oxidation sites excluding steroid dienone is 1. The Kier molecular flexibility index (Phi) is 5.76. The van der Waals surface area contributed by atoms with Crippen LogP contribution in [0.4, 0.5) is 0 Å². The molecule has 1 aromatic carbocycles. The highest BCUT2D eigenvalue weighted by Gasteiger charge is 2.25. The second-order valence-electron chi connectivity index (χ2n) is 6.29. The maximum Gasteiger partial charge on any atom is 0.178 e. The van der Waals surface area contributed by atoms with Crippen molar-refractivity contribution in [1.29, 1.82) is 5.26 Å². The molecule has 118 valence electrons. The van der Waals surface area contributed by atoms with Gasteiger partial charge < -0.3 is 9.47 Å². The number of benzene rings is 1. The Morgan fingerprint density at radius 1 is 1.32 bits per heavy atom. The number of ketones is 1. The lowest BCUT2D eigenvalue weighted by atomic mass is 9.86. The smallest absolute Gasteiger partial charge is 0.178 e. The molecule has 4 heteroatoms. The quantitative estimate of drug-likeness (QED) is 0.609. The van der Waals surface area contributed by atoms with E-state index in [2.05, 4.69) is 0 Å². The number of hydrogen-bond acceptors (Lipinski definition) is 4. The van der Waals surface area contributed by atoms with E-state index in [-0.39, 0.29) is 17.5 Å². The molecule has 22 heavy (non-hydrogen) atoms. The molecule has 0 aromatic heterocycles. The number of carbonyl (C=O) groups is 1. The maximum atomic E-state index is 12.3. The van der Waals surface area contributed by atoms with Crippen LogP contribution in [0.25, 0.3) is 6.08 Å². The molecule has 0 atom stereocenters. The fourth-order valence-electron chi connectivity index (χ4n) is 1.88. The van der Waals surface area contributed by atoms with E-state index < -0.39 is 5.41 Å². The third-order valence-electron chi connectivity index (χ3n) is 2.93. The van der Waals surface area contributed by atoms with Crippen LogP contribution in [-0.2, 0) is 4.79 Å². The van der Waals surface area contributed by atoms with Gasteiger partial charge in [0.05, 0.1) is 18.8 Å². The van der Waals surface area contributed by atoms with Gasteiger partial charge in [-0.15, -0.1) is 0 Å². The van der Waals surface area contributed by atoms with Gasteiger partial charge in [0.15, 0.2) is 17.3 Å². The van der Waals surface area contributed by atoms with Crippen molar-refractivity contribution < 1.29 is 14.3 Å². The highest BCUT2D eigenvalue weighted by atomic mass is 16.5. The minimum Gasteiger partial charge on any atom is -0.493 e. The molecule has 0 saturated heterocycles. The summed E-state index contributed by atoms with van der Waals surface area (Å²) in [7, 11) is 1.56. The molecule has 0 heterocycles. The highest BCUT2D eigenvalue weighted by molar-refractivity contribution is 6.06. The van der Waals surface area contributed by atoms with Crippen molar-refractivity contribution in [2.45, 2.75) is 40.7 Å². The number of methoxy groups -OCH3 is 1. The average molecular weight is 301 g/mol. The predicted octanol–water partition coefficient (Wildman–Crippen LogP) is 4.00. The molecule has 0 aliphatic carbocycles. The number of carbonyl (C=O) groups excluding carboxylic acids is 1. The van der Waals surface area contributed by atoms with Gasteiger partial charge in [0.1, 0.15) is 6.07 Å². The number of para-hydroxylation sites is 1. The number of rotatable bonds is 5. The van der Waals surface area contributed by atoms with Crippen molar-refractivity contribution in [1.82, 2.24) is 0 Å². The Hall–Kier alpha value is -2.28. The molecule has 1 aromatic rings. The third-order valence-corrected chi connectivity index (χ3v) is 2.93. The van der Waals surface area contributed by atoms with Crippen LogP contribution in [0.1, 0.15) is 40.2 Å². The van der Waals surface area contributed by atoms with Crippen LogP contribution < -0.4 is 9.47 Å². The first-order valence-electron chi connectivity index (χ1n) is 7.21. The van der Waals surface area contributed by atoms with Crippen LogP contribution >= 0.6 is 0 Å². The normalized spacial score (nSPS) is 12.0. The van der Waals surface area contributed by atoms with Gasteiger partial charge in [0, 0.05) is 11.0 Å². The molecule has 0 aliphatic rings. The second kappa shape index (κ2) is 7.13. The summed E-state index contributed by atoms with van der Waals surface area (Å²) < 4.78 is 11.1. The molecular formula is C18H23NO3. The van der Waals surface area contributed by atoms with Gasteiger partial charge in [-0.1, -0.05) is 32.9 Å². The molecule has 0 radical (unpaired) electrons. The summed E-state index contributed by atoms with van der Waals surface area (Å²) in [5.74, 6) is 0.908. The first-order chi connectivity index (χ1) is 10.2. The first-order valence-corrected chi connectivity index (χ1v) is 7.21. The Bertz CT molecular complexity index is 616. The van der Waals surface area contributed by atoms with Crippen LogP contribution in [0.2, 0.25) is 0 Å². The molecule has 4 nitrogen and oxygen atoms in total. The molecule has 0 spiro atoms. The van der Waals surface area contributed by atoms with E-state index >= 15 is 0 Å². The van der Waals surface area contributed by atoms with Crippen molar-refractivity contribution in [3.63, 3.8) is 0 Å². The van der Waals surface area contributed by atoms with Crippen LogP contribution in [0.3, 0.4) is 0 Å². The molecule has 0 aliphatic heterocycles. The summed E-state index contributed by atoms with van der Waals surface area (Å²) in [6, 6.07) is 7.37. The van der Waals surface area contributed by atoms with E-state index in [1.165, 1.54) is 0 Å². The molecule has 0 amide bonds. The summed E-state index contributed by atoms with van der Waals surface area (Å²) in [6.45, 7) is 9.18. The van der Waals surface area contributed by atoms with Crippen LogP contribution in [0, 0.1) is 16.7 Å². The lowest BCUT2D eigenvalue weighted by Gasteiger charge is -2.18. The SMILES string of the molecule is COc1cccc(/C=C(\C#N)C(=O)C(C)(C)C)c1OC(C)C. The van der Waals surface area contributed by atoms with Crippen molar-refractivity contribution in [3.05, 3.63) is 29.3 Å². The number of ether oxygens (including phenoxy) is 2. The van der Waals surface area contributed by atoms with Crippen molar-refractivity contribution in [2.75, 3.05) is 7.11 Å². The van der Waals surface area contributed by atoms with Gasteiger partial charge in [-0.2, -0.15) is 5.26 Å². The van der Waals surface area contributed by atoms with Gasteiger partial charge in [0.2, 0.25) is 0 Å². The molecular weight excluding hydrogens is 278 g/mol. The lowest BCUT2D eigenvalue weighted by Crippen LogP contribution is -2.21. The summed E-state index contributed by atoms with van der Waals surface area (Å²) >= 11 is 0. The fourth-order valence-corrected chi connectivity index (χ4v) is 1.88. The van der Waals surface area contributed by atoms with Gasteiger partial charge in [-0.05, 0) is 26.0 Å². The Morgan fingerprint density at radius 3 is 2.41 bits per heavy atom. The van der Waals surface area contributed by atoms with Crippen molar-refractivity contribution in [2.24, 2.45) is 5.41 Å². The van der Waals surface area contributed by atoms with Gasteiger partial charge in [-0.3, -0.25) is 4.79 Å². The lowest BCUT2D eigenvalue weighted by molar-refractivity contribution is -0.121. The first kappa shape index (κ1) is 17.8. The minimum atomic E-state index is -0.612. The summed E-state index contributed by atoms with van der Waals surface area (Å²) in [4.78, 5) is 12.3. The van der Waals surface area contributed by atoms with Crippen molar-refractivity contribution >= 4 is 11.9 Å². The Labute approximate surface area is 132 Å². The zero-order chi connectivity index (χ0) is 16.9. The Morgan fingerprint density at radius 2 is 1.95 bits per heavy atom. The largest absolute Gasteiger partial charge is 0.493 e. The van der Waals surface area contributed by atoms with E-state index in [1.54, 1.807) is 52.2 Å². The van der Waals surface area contributed by atoms with Gasteiger partial charge >= 0.3 is 0 Å². The monoisotopic (exact) mass is 301 g/mol. The number of hydrogen-bond donors (Lipinski definition) is 0. The molecule has 0 saturated carbocycles. The second-order valence-corrected chi connectivity index (χ2v) is 6.29. The molecule has 0 N–H and O–H groups in total. The topological polar surface area (TPSA) is 59.3 Å². The van der Waals surface area contributed by atoms with E-state index in [0.717, 1.165) is 0 Å². The summed E-state index contributed by atoms with van der Waals surface area (Å²) in [5, 5.41) is 9.31. The molecule has 0 fully saturated rings. The Balaban J connectivity index is 3.39. The maximum absolute atomic E-state index is 12.3. The standard InChI is InChI=1S/C18H23NO3/c1-12(2)22-16-13(8-7-9-15(16)21-6)10-14(11-19)17(20)18(3,4)5/h7-10,12H,1-6H3/b14-10+. The number of nitrogens with zero attached hydrogens (tertiary/aromatic N) is 1. The highest BCUT2D eigenvalue weighted by Crippen LogP contribution is 2.34. The molecule has 1 rings (SSSR count). The summed E-state index contributed by atoms with van der Waals surface area (Å²) in [6.07, 6.45) is 1.51. The van der Waals surface area contributed by atoms with Gasteiger partial charge in [-0.25, -0.2) is 0 Å². The summed E-state index contributed by atoms with van der Waals surface area (Å²) in [5.41, 5.74) is 0.149. The molecule has 0 bridgehead atoms. The van der Waals surface area contributed by atoms with Crippen LogP contribution in [-0.4, -0.2) is 19.0 Å². The fraction of sp³-hybridized carbons (Fsp3) is 0.444. The van der Waals surface area contributed by atoms with E-state index in [1.807, 2.05) is 19.9 Å². The number of Topliss-reactive ketones (excluding diaryl/α,β-unsaturated/α-hetero) is 1. The van der Waals surface area contributed by atoms with Gasteiger partial charge in [0.25, 0.3) is 0 Å². The van der Waals surface area contributed by atoms with E-state index in [4.69, 9.17) is 9.47 Å². The third kappa shape index (κ3) is 4.36. The van der Waals surface area contributed by atoms with E-state index in [9.17, 15) is 10.1 Å². The average Bonchev–Trinajstić information content (AvgIpc) is 2.43. The van der Waals surface area contributed by atoms with Crippen LogP contribution in [0.5, 0.6) is 11.5 Å². The molecule has 0 unspecified atom stereocenters. The van der Waals surface area contributed by atoms with Crippen molar-refractivity contribution in [3.8, 4) is 17.6 Å². The van der Waals surface area contributed by atoms with E-state index in [0.29, 0.717) is 17.1 Å². The zero-order valence-electron chi connectivity index (χ0n) is 14.1.